The fourth-order valence-electron chi connectivity index (χ4n) is 9.17. The van der Waals surface area contributed by atoms with Gasteiger partial charge in [0.15, 0.2) is 0 Å². The zero-order valence-electron chi connectivity index (χ0n) is 31.7. The van der Waals surface area contributed by atoms with Crippen molar-refractivity contribution >= 4 is 15.9 Å². The average Bonchev–Trinajstić information content (AvgIpc) is 3.75. The normalized spacial score (nSPS) is 18.3. The van der Waals surface area contributed by atoms with Gasteiger partial charge in [-0.25, -0.2) is 0 Å². The van der Waals surface area contributed by atoms with E-state index in [-0.39, 0.29) is 10.8 Å². The molecule has 0 aromatic heterocycles. The van der Waals surface area contributed by atoms with Gasteiger partial charge in [-0.3, -0.25) is 0 Å². The second kappa shape index (κ2) is 11.7. The van der Waals surface area contributed by atoms with Crippen LogP contribution in [0.3, 0.4) is 0 Å². The van der Waals surface area contributed by atoms with Gasteiger partial charge in [0, 0.05) is 0 Å². The molecule has 0 fully saturated rings. The van der Waals surface area contributed by atoms with Crippen LogP contribution in [0.4, 0.5) is 0 Å². The van der Waals surface area contributed by atoms with Gasteiger partial charge in [-0.05, 0) is 0 Å². The van der Waals surface area contributed by atoms with Gasteiger partial charge in [-0.15, -0.1) is 0 Å². The van der Waals surface area contributed by atoms with Crippen LogP contribution in [0.15, 0.2) is 127 Å². The number of rotatable bonds is 6. The van der Waals surface area contributed by atoms with Crippen LogP contribution < -0.4 is 0 Å². The van der Waals surface area contributed by atoms with E-state index in [1.165, 1.54) is 61.2 Å². The van der Waals surface area contributed by atoms with Gasteiger partial charge in [-0.1, -0.05) is 0 Å². The number of benzene rings is 5. The van der Waals surface area contributed by atoms with E-state index in [1.54, 1.807) is 0 Å². The molecule has 50 heavy (non-hydrogen) atoms. The molecule has 0 saturated carbocycles. The van der Waals surface area contributed by atoms with Crippen molar-refractivity contribution in [1.82, 2.24) is 0 Å². The number of hydrogen-bond acceptors (Lipinski definition) is 0. The fraction of sp³-hybridized carbons (Fsp3) is 0.286. The molecule has 1 heteroatoms. The first-order chi connectivity index (χ1) is 23.5. The Morgan fingerprint density at radius 1 is 0.500 bits per heavy atom. The topological polar surface area (TPSA) is 0 Å². The summed E-state index contributed by atoms with van der Waals surface area (Å²) in [4.78, 5) is 0. The number of hydrogen-bond donors (Lipinski definition) is 0. The van der Waals surface area contributed by atoms with E-state index in [0.717, 1.165) is 6.42 Å². The maximum atomic E-state index is 2.87. The van der Waals surface area contributed by atoms with Crippen molar-refractivity contribution in [2.75, 3.05) is 0 Å². The van der Waals surface area contributed by atoms with E-state index in [4.69, 9.17) is 0 Å². The van der Waals surface area contributed by atoms with E-state index in [1.807, 2.05) is 0 Å². The summed E-state index contributed by atoms with van der Waals surface area (Å²) in [5, 5.41) is 0. The molecule has 0 radical (unpaired) electrons. The molecular weight excluding hydrogens is 767 g/mol. The maximum absolute atomic E-state index is 4.72. The molecule has 5 aromatic rings. The van der Waals surface area contributed by atoms with Crippen molar-refractivity contribution in [3.63, 3.8) is 0 Å². The van der Waals surface area contributed by atoms with E-state index in [0.29, 0.717) is 7.35 Å². The zero-order valence-corrected chi connectivity index (χ0v) is 35.3. The minimum absolute atomic E-state index is 0.136. The van der Waals surface area contributed by atoms with Crippen LogP contribution in [0, 0.1) is 0 Å². The van der Waals surface area contributed by atoms with E-state index in [9.17, 15) is 0 Å². The molecule has 0 N–H and O–H groups in total. The minimum atomic E-state index is -4.72. The number of allylic oxidation sites excluding steroid dienone is 2. The predicted molar refractivity (Wildman–Crippen MR) is 219 cm³/mol. The molecular formula is C49H55Hf. The third kappa shape index (κ3) is 5.94. The Balaban J connectivity index is 1.38. The van der Waals surface area contributed by atoms with Crippen LogP contribution in [-0.2, 0) is 33.8 Å². The first kappa shape index (κ1) is 34.8. The number of fused-ring (bicyclic) bond motifs is 2. The summed E-state index contributed by atoms with van der Waals surface area (Å²) in [6.45, 7) is 13.7. The van der Waals surface area contributed by atoms with Crippen molar-refractivity contribution in [3.8, 4) is 22.3 Å². The Morgan fingerprint density at radius 3 is 1.32 bits per heavy atom. The molecule has 0 saturated heterocycles. The van der Waals surface area contributed by atoms with Gasteiger partial charge in [0.25, 0.3) is 0 Å². The Hall–Kier alpha value is -3.68. The summed E-state index contributed by atoms with van der Waals surface area (Å²) >= 11 is -4.72. The molecule has 255 valence electrons. The summed E-state index contributed by atoms with van der Waals surface area (Å²) in [6, 6.07) is 43.8. The van der Waals surface area contributed by atoms with Gasteiger partial charge in [0.05, 0.1) is 0 Å². The summed E-state index contributed by atoms with van der Waals surface area (Å²) < 4.78 is 11.8. The molecule has 2 aliphatic rings. The van der Waals surface area contributed by atoms with Gasteiger partial charge >= 0.3 is 301 Å². The standard InChI is InChI=1S/2C19H19.C8H8.3CH3.Hf/c2*1-19(2,3)16-12-10-15(11-13-16)18-9-5-7-14-6-4-8-17(14)18;1-2-8-6-4-3-5-7-8;;;;/h2*4-13H,1-3H3;1,3-7H,2H2;3*1H3;. The molecule has 2 unspecified atom stereocenters. The van der Waals surface area contributed by atoms with Crippen molar-refractivity contribution in [2.24, 2.45) is 0 Å². The Bertz CT molecular complexity index is 2090. The molecule has 0 bridgehead atoms. The van der Waals surface area contributed by atoms with Crippen LogP contribution in [0.25, 0.3) is 34.4 Å². The Labute approximate surface area is 299 Å². The van der Waals surface area contributed by atoms with Crippen LogP contribution in [0.1, 0.15) is 87.8 Å². The van der Waals surface area contributed by atoms with Crippen molar-refractivity contribution in [2.45, 2.75) is 80.2 Å². The summed E-state index contributed by atoms with van der Waals surface area (Å²) in [7, 11) is 0. The Morgan fingerprint density at radius 2 is 0.920 bits per heavy atom. The molecule has 2 aliphatic carbocycles. The van der Waals surface area contributed by atoms with Crippen molar-refractivity contribution in [3.05, 3.63) is 166 Å². The van der Waals surface area contributed by atoms with Gasteiger partial charge in [0.2, 0.25) is 0 Å². The van der Waals surface area contributed by atoms with E-state index < -0.39 is 16.5 Å². The monoisotopic (exact) mass is 823 g/mol. The van der Waals surface area contributed by atoms with E-state index >= 15 is 0 Å². The molecule has 5 aromatic carbocycles. The second-order valence-electron chi connectivity index (χ2n) is 19.4. The van der Waals surface area contributed by atoms with Gasteiger partial charge < -0.3 is 0 Å². The first-order valence-electron chi connectivity index (χ1n) is 18.7. The van der Waals surface area contributed by atoms with Gasteiger partial charge in [0.1, 0.15) is 0 Å². The third-order valence-corrected chi connectivity index (χ3v) is 41.6. The molecule has 2 atom stereocenters. The van der Waals surface area contributed by atoms with Crippen molar-refractivity contribution < 1.29 is 16.5 Å². The fourth-order valence-corrected chi connectivity index (χ4v) is 33.8. The summed E-state index contributed by atoms with van der Waals surface area (Å²) in [5.74, 6) is 0. The van der Waals surface area contributed by atoms with Crippen LogP contribution in [0.5, 0.6) is 0 Å². The Kier molecular flexibility index (Phi) is 8.12. The predicted octanol–water partition coefficient (Wildman–Crippen LogP) is 13.9. The van der Waals surface area contributed by atoms with Crippen LogP contribution in [-0.4, -0.2) is 3.76 Å². The SMILES string of the molecule is CC(C)(C)c1ccc(-c2cccc3c2C=C[CH]3[Hf]([CH3])([CH3])([CH3])(=[CH]Cc2ccccc2)[CH]2C=Cc3c(-c4ccc(C(C)(C)C)cc4)cccc32)cc1. The quantitative estimate of drug-likeness (QED) is 0.150. The van der Waals surface area contributed by atoms with Crippen molar-refractivity contribution in [1.29, 1.82) is 0 Å². The summed E-state index contributed by atoms with van der Waals surface area (Å²) in [6.07, 6.45) is 11.1. The average molecular weight is 822 g/mol. The first-order valence-corrected chi connectivity index (χ1v) is 35.7. The van der Waals surface area contributed by atoms with Crippen LogP contribution >= 0.6 is 0 Å². The molecule has 0 heterocycles. The molecule has 0 aliphatic heterocycles. The van der Waals surface area contributed by atoms with Gasteiger partial charge in [-0.2, -0.15) is 0 Å². The van der Waals surface area contributed by atoms with E-state index in [2.05, 4.69) is 199 Å². The molecule has 0 amide bonds. The molecule has 7 rings (SSSR count). The molecule has 0 nitrogen and oxygen atoms in total. The zero-order chi connectivity index (χ0) is 35.6. The molecule has 0 spiro atoms. The third-order valence-electron chi connectivity index (χ3n) is 12.6. The second-order valence-corrected chi connectivity index (χ2v) is 58.4. The van der Waals surface area contributed by atoms with Crippen LogP contribution in [0.2, 0.25) is 14.0 Å². The summed E-state index contributed by atoms with van der Waals surface area (Å²) in [5.41, 5.74) is 15.5.